The number of amides is 3. The molecule has 8 heteroatoms. The number of rotatable bonds is 4. The lowest BCUT2D eigenvalue weighted by Crippen LogP contribution is -2.54. The van der Waals surface area contributed by atoms with E-state index < -0.39 is 24.0 Å². The van der Waals surface area contributed by atoms with Crippen LogP contribution in [0.15, 0.2) is 22.7 Å². The molecule has 2 atom stereocenters. The van der Waals surface area contributed by atoms with Gasteiger partial charge in [0.05, 0.1) is 4.47 Å². The molecule has 22 heavy (non-hydrogen) atoms. The van der Waals surface area contributed by atoms with Crippen LogP contribution in [0, 0.1) is 0 Å². The molecule has 0 spiro atoms. The molecule has 118 valence electrons. The SMILES string of the molecule is CC(Oc1ccc(Cl)cc1Br)C(=O)NC1CCC(=O)NC1=O. The van der Waals surface area contributed by atoms with E-state index in [4.69, 9.17) is 16.3 Å². The topological polar surface area (TPSA) is 84.5 Å². The highest BCUT2D eigenvalue weighted by Crippen LogP contribution is 2.28. The molecule has 0 aliphatic carbocycles. The average molecular weight is 390 g/mol. The molecule has 2 rings (SSSR count). The van der Waals surface area contributed by atoms with Crippen molar-refractivity contribution in [3.8, 4) is 5.75 Å². The Labute approximate surface area is 140 Å². The molecule has 1 aliphatic heterocycles. The summed E-state index contributed by atoms with van der Waals surface area (Å²) in [5, 5.41) is 5.30. The summed E-state index contributed by atoms with van der Waals surface area (Å²) in [5.41, 5.74) is 0. The van der Waals surface area contributed by atoms with Crippen LogP contribution in [0.4, 0.5) is 0 Å². The summed E-state index contributed by atoms with van der Waals surface area (Å²) in [4.78, 5) is 34.7. The maximum atomic E-state index is 12.1. The zero-order chi connectivity index (χ0) is 16.3. The first-order chi connectivity index (χ1) is 10.4. The second-order valence-corrected chi connectivity index (χ2v) is 6.14. The van der Waals surface area contributed by atoms with Crippen molar-refractivity contribution in [1.82, 2.24) is 10.6 Å². The van der Waals surface area contributed by atoms with Crippen molar-refractivity contribution >= 4 is 45.3 Å². The minimum Gasteiger partial charge on any atom is -0.480 e. The standard InChI is InChI=1S/C14H14BrClN2O4/c1-7(22-11-4-2-8(16)6-9(11)15)13(20)17-10-3-5-12(19)18-14(10)21/h2,4,6-7,10H,3,5H2,1H3,(H,17,20)(H,18,19,21). The van der Waals surface area contributed by atoms with Gasteiger partial charge in [0.1, 0.15) is 11.8 Å². The van der Waals surface area contributed by atoms with Gasteiger partial charge in [0, 0.05) is 11.4 Å². The number of halogens is 2. The smallest absolute Gasteiger partial charge is 0.261 e. The quantitative estimate of drug-likeness (QED) is 0.769. The van der Waals surface area contributed by atoms with Crippen LogP contribution in [0.5, 0.6) is 5.75 Å². The van der Waals surface area contributed by atoms with Gasteiger partial charge in [-0.2, -0.15) is 0 Å². The number of hydrogen-bond donors (Lipinski definition) is 2. The van der Waals surface area contributed by atoms with Gasteiger partial charge in [-0.3, -0.25) is 19.7 Å². The molecular formula is C14H14BrClN2O4. The van der Waals surface area contributed by atoms with Crippen LogP contribution in [-0.4, -0.2) is 29.9 Å². The molecule has 0 radical (unpaired) electrons. The summed E-state index contributed by atoms with van der Waals surface area (Å²) in [6.45, 7) is 1.57. The fourth-order valence-corrected chi connectivity index (χ4v) is 2.71. The van der Waals surface area contributed by atoms with Crippen LogP contribution in [0.25, 0.3) is 0 Å². The normalized spacial score (nSPS) is 19.3. The van der Waals surface area contributed by atoms with Crippen molar-refractivity contribution in [1.29, 1.82) is 0 Å². The Bertz CT molecular complexity index is 623. The average Bonchev–Trinajstić information content (AvgIpc) is 2.44. The third-order valence-electron chi connectivity index (χ3n) is 3.12. The second-order valence-electron chi connectivity index (χ2n) is 4.85. The van der Waals surface area contributed by atoms with Crippen LogP contribution >= 0.6 is 27.5 Å². The molecule has 2 N–H and O–H groups in total. The lowest BCUT2D eigenvalue weighted by molar-refractivity contribution is -0.138. The van der Waals surface area contributed by atoms with Gasteiger partial charge in [0.15, 0.2) is 6.10 Å². The lowest BCUT2D eigenvalue weighted by atomic mass is 10.1. The monoisotopic (exact) mass is 388 g/mol. The number of carbonyl (C=O) groups is 3. The fraction of sp³-hybridized carbons (Fsp3) is 0.357. The van der Waals surface area contributed by atoms with E-state index in [1.165, 1.54) is 0 Å². The molecule has 6 nitrogen and oxygen atoms in total. The van der Waals surface area contributed by atoms with E-state index in [2.05, 4.69) is 26.6 Å². The number of benzene rings is 1. The molecule has 1 saturated heterocycles. The van der Waals surface area contributed by atoms with Gasteiger partial charge in [-0.05, 0) is 47.5 Å². The Morgan fingerprint density at radius 2 is 2.23 bits per heavy atom. The zero-order valence-corrected chi connectivity index (χ0v) is 14.0. The van der Waals surface area contributed by atoms with Crippen molar-refractivity contribution in [3.05, 3.63) is 27.7 Å². The number of imide groups is 1. The van der Waals surface area contributed by atoms with Crippen molar-refractivity contribution in [3.63, 3.8) is 0 Å². The van der Waals surface area contributed by atoms with Gasteiger partial charge in [0.25, 0.3) is 5.91 Å². The number of nitrogens with one attached hydrogen (secondary N) is 2. The predicted molar refractivity (Wildman–Crippen MR) is 83.6 cm³/mol. The molecule has 3 amide bonds. The molecule has 2 unspecified atom stereocenters. The minimum atomic E-state index is -0.803. The minimum absolute atomic E-state index is 0.203. The van der Waals surface area contributed by atoms with Crippen molar-refractivity contribution < 1.29 is 19.1 Å². The molecule has 0 saturated carbocycles. The van der Waals surface area contributed by atoms with Crippen molar-refractivity contribution in [2.45, 2.75) is 31.9 Å². The number of hydrogen-bond acceptors (Lipinski definition) is 4. The van der Waals surface area contributed by atoms with Crippen LogP contribution in [0.2, 0.25) is 5.02 Å². The van der Waals surface area contributed by atoms with E-state index in [1.54, 1.807) is 25.1 Å². The number of piperidine rings is 1. The summed E-state index contributed by atoms with van der Waals surface area (Å²) < 4.78 is 6.17. The van der Waals surface area contributed by atoms with E-state index in [0.29, 0.717) is 15.2 Å². The lowest BCUT2D eigenvalue weighted by Gasteiger charge is -2.23. The van der Waals surface area contributed by atoms with E-state index in [1.807, 2.05) is 0 Å². The van der Waals surface area contributed by atoms with E-state index >= 15 is 0 Å². The summed E-state index contributed by atoms with van der Waals surface area (Å²) in [6.07, 6.45) is -0.314. The Hall–Kier alpha value is -1.60. The van der Waals surface area contributed by atoms with E-state index in [9.17, 15) is 14.4 Å². The first kappa shape index (κ1) is 16.8. The molecule has 1 aromatic carbocycles. The maximum Gasteiger partial charge on any atom is 0.261 e. The first-order valence-corrected chi connectivity index (χ1v) is 7.79. The fourth-order valence-electron chi connectivity index (χ4n) is 1.94. The van der Waals surface area contributed by atoms with E-state index in [0.717, 1.165) is 0 Å². The molecule has 0 bridgehead atoms. The molecule has 0 aromatic heterocycles. The van der Waals surface area contributed by atoms with Gasteiger partial charge in [-0.15, -0.1) is 0 Å². The highest BCUT2D eigenvalue weighted by Gasteiger charge is 2.29. The van der Waals surface area contributed by atoms with Gasteiger partial charge < -0.3 is 10.1 Å². The number of ether oxygens (including phenoxy) is 1. The molecule has 1 fully saturated rings. The number of carbonyl (C=O) groups excluding carboxylic acids is 3. The largest absolute Gasteiger partial charge is 0.480 e. The molecule has 1 aliphatic rings. The summed E-state index contributed by atoms with van der Waals surface area (Å²) in [6, 6.07) is 4.22. The zero-order valence-electron chi connectivity index (χ0n) is 11.7. The molecular weight excluding hydrogens is 376 g/mol. The van der Waals surface area contributed by atoms with Crippen LogP contribution < -0.4 is 15.4 Å². The Balaban J connectivity index is 1.94. The predicted octanol–water partition coefficient (Wildman–Crippen LogP) is 1.79. The Morgan fingerprint density at radius 3 is 2.86 bits per heavy atom. The second kappa shape index (κ2) is 7.11. The van der Waals surface area contributed by atoms with Crippen LogP contribution in [-0.2, 0) is 14.4 Å². The molecule has 1 aromatic rings. The third-order valence-corrected chi connectivity index (χ3v) is 3.98. The van der Waals surface area contributed by atoms with Gasteiger partial charge in [-0.1, -0.05) is 11.6 Å². The van der Waals surface area contributed by atoms with Crippen LogP contribution in [0.3, 0.4) is 0 Å². The third kappa shape index (κ3) is 4.20. The van der Waals surface area contributed by atoms with Gasteiger partial charge in [-0.25, -0.2) is 0 Å². The summed E-state index contributed by atoms with van der Waals surface area (Å²) in [7, 11) is 0. The maximum absolute atomic E-state index is 12.1. The van der Waals surface area contributed by atoms with Crippen molar-refractivity contribution in [2.24, 2.45) is 0 Å². The van der Waals surface area contributed by atoms with Gasteiger partial charge >= 0.3 is 0 Å². The van der Waals surface area contributed by atoms with Crippen molar-refractivity contribution in [2.75, 3.05) is 0 Å². The van der Waals surface area contributed by atoms with Crippen LogP contribution in [0.1, 0.15) is 19.8 Å². The van der Waals surface area contributed by atoms with Gasteiger partial charge in [0.2, 0.25) is 11.8 Å². The Kier molecular flexibility index (Phi) is 5.42. The highest BCUT2D eigenvalue weighted by atomic mass is 79.9. The molecule has 1 heterocycles. The highest BCUT2D eigenvalue weighted by molar-refractivity contribution is 9.10. The summed E-state index contributed by atoms with van der Waals surface area (Å²) in [5.74, 6) is -0.791. The Morgan fingerprint density at radius 1 is 1.50 bits per heavy atom. The summed E-state index contributed by atoms with van der Waals surface area (Å²) >= 11 is 9.13. The first-order valence-electron chi connectivity index (χ1n) is 6.62. The van der Waals surface area contributed by atoms with E-state index in [-0.39, 0.29) is 18.7 Å².